The van der Waals surface area contributed by atoms with E-state index in [1.165, 1.54) is 0 Å². The Kier molecular flexibility index (Phi) is 5.10. The van der Waals surface area contributed by atoms with Crippen LogP contribution in [-0.4, -0.2) is 12.5 Å². The molecule has 0 unspecified atom stereocenters. The standard InChI is InChI=1S/C16H16Cl2N2O/c1-10-6-7-13(11(2)8-10)20-15(21)9-19-14-5-3-4-12(17)16(14)18/h3-8,19H,9H2,1-2H3,(H,20,21). The molecule has 0 spiro atoms. The molecule has 0 aromatic heterocycles. The summed E-state index contributed by atoms with van der Waals surface area (Å²) in [4.78, 5) is 12.0. The molecule has 21 heavy (non-hydrogen) atoms. The van der Waals surface area contributed by atoms with Gasteiger partial charge < -0.3 is 10.6 Å². The van der Waals surface area contributed by atoms with Crippen LogP contribution in [-0.2, 0) is 4.79 Å². The molecule has 0 atom stereocenters. The zero-order chi connectivity index (χ0) is 15.4. The zero-order valence-corrected chi connectivity index (χ0v) is 13.3. The highest BCUT2D eigenvalue weighted by Crippen LogP contribution is 2.29. The van der Waals surface area contributed by atoms with Crippen LogP contribution in [0, 0.1) is 13.8 Å². The molecule has 2 N–H and O–H groups in total. The molecule has 3 nitrogen and oxygen atoms in total. The molecule has 0 aliphatic carbocycles. The molecule has 2 aromatic carbocycles. The Morgan fingerprint density at radius 1 is 1.10 bits per heavy atom. The van der Waals surface area contributed by atoms with Crippen LogP contribution < -0.4 is 10.6 Å². The van der Waals surface area contributed by atoms with Crippen molar-refractivity contribution in [3.05, 3.63) is 57.6 Å². The predicted molar refractivity (Wildman–Crippen MR) is 89.5 cm³/mol. The molecular formula is C16H16Cl2N2O. The zero-order valence-electron chi connectivity index (χ0n) is 11.8. The topological polar surface area (TPSA) is 41.1 Å². The maximum Gasteiger partial charge on any atom is 0.243 e. The van der Waals surface area contributed by atoms with E-state index in [2.05, 4.69) is 10.6 Å². The van der Waals surface area contributed by atoms with Gasteiger partial charge in [0, 0.05) is 5.69 Å². The van der Waals surface area contributed by atoms with E-state index in [0.29, 0.717) is 15.7 Å². The van der Waals surface area contributed by atoms with Crippen LogP contribution in [0.15, 0.2) is 36.4 Å². The summed E-state index contributed by atoms with van der Waals surface area (Å²) in [6, 6.07) is 11.1. The lowest BCUT2D eigenvalue weighted by Crippen LogP contribution is -2.22. The summed E-state index contributed by atoms with van der Waals surface area (Å²) in [6.45, 7) is 4.10. The lowest BCUT2D eigenvalue weighted by atomic mass is 10.1. The Labute approximate surface area is 134 Å². The summed E-state index contributed by atoms with van der Waals surface area (Å²) in [6.07, 6.45) is 0. The summed E-state index contributed by atoms with van der Waals surface area (Å²) < 4.78 is 0. The van der Waals surface area contributed by atoms with Gasteiger partial charge in [-0.3, -0.25) is 4.79 Å². The Hall–Kier alpha value is -1.71. The largest absolute Gasteiger partial charge is 0.375 e. The van der Waals surface area contributed by atoms with Crippen molar-refractivity contribution in [3.8, 4) is 0 Å². The van der Waals surface area contributed by atoms with E-state index in [-0.39, 0.29) is 12.5 Å². The fraction of sp³-hybridized carbons (Fsp3) is 0.188. The van der Waals surface area contributed by atoms with Gasteiger partial charge in [-0.1, -0.05) is 47.0 Å². The van der Waals surface area contributed by atoms with Crippen LogP contribution >= 0.6 is 23.2 Å². The molecule has 0 aliphatic rings. The highest BCUT2D eigenvalue weighted by atomic mass is 35.5. The minimum atomic E-state index is -0.141. The van der Waals surface area contributed by atoms with E-state index in [9.17, 15) is 4.79 Å². The maximum atomic E-state index is 12.0. The van der Waals surface area contributed by atoms with Crippen LogP contribution in [0.1, 0.15) is 11.1 Å². The number of anilines is 2. The van der Waals surface area contributed by atoms with E-state index in [1.54, 1.807) is 18.2 Å². The summed E-state index contributed by atoms with van der Waals surface area (Å²) in [5.74, 6) is -0.141. The molecular weight excluding hydrogens is 307 g/mol. The normalized spacial score (nSPS) is 10.3. The average Bonchev–Trinajstić information content (AvgIpc) is 2.43. The highest BCUT2D eigenvalue weighted by Gasteiger charge is 2.07. The summed E-state index contributed by atoms with van der Waals surface area (Å²) >= 11 is 12.0. The van der Waals surface area contributed by atoms with Gasteiger partial charge in [-0.25, -0.2) is 0 Å². The molecule has 0 bridgehead atoms. The smallest absolute Gasteiger partial charge is 0.243 e. The van der Waals surface area contributed by atoms with Crippen LogP contribution in [0.3, 0.4) is 0 Å². The number of halogens is 2. The fourth-order valence-electron chi connectivity index (χ4n) is 1.96. The van der Waals surface area contributed by atoms with E-state index < -0.39 is 0 Å². The van der Waals surface area contributed by atoms with Gasteiger partial charge in [0.25, 0.3) is 0 Å². The van der Waals surface area contributed by atoms with E-state index in [0.717, 1.165) is 16.8 Å². The van der Waals surface area contributed by atoms with Crippen molar-refractivity contribution in [1.82, 2.24) is 0 Å². The number of amides is 1. The third-order valence-corrected chi connectivity index (χ3v) is 3.87. The molecule has 0 fully saturated rings. The molecule has 5 heteroatoms. The number of rotatable bonds is 4. The summed E-state index contributed by atoms with van der Waals surface area (Å²) in [7, 11) is 0. The lowest BCUT2D eigenvalue weighted by Gasteiger charge is -2.11. The third-order valence-electron chi connectivity index (χ3n) is 3.05. The average molecular weight is 323 g/mol. The molecule has 0 heterocycles. The molecule has 1 amide bonds. The van der Waals surface area contributed by atoms with Crippen molar-refractivity contribution in [2.75, 3.05) is 17.2 Å². The number of carbonyl (C=O) groups is 1. The van der Waals surface area contributed by atoms with Gasteiger partial charge in [0.2, 0.25) is 5.91 Å². The van der Waals surface area contributed by atoms with Crippen LogP contribution in [0.25, 0.3) is 0 Å². The minimum absolute atomic E-state index is 0.118. The highest BCUT2D eigenvalue weighted by molar-refractivity contribution is 6.43. The van der Waals surface area contributed by atoms with Crippen LogP contribution in [0.4, 0.5) is 11.4 Å². The number of aryl methyl sites for hydroxylation is 2. The van der Waals surface area contributed by atoms with E-state index >= 15 is 0 Å². The first-order chi connectivity index (χ1) is 9.97. The summed E-state index contributed by atoms with van der Waals surface area (Å²) in [5, 5.41) is 6.71. The number of carbonyl (C=O) groups excluding carboxylic acids is 1. The van der Waals surface area contributed by atoms with E-state index in [4.69, 9.17) is 23.2 Å². The second kappa shape index (κ2) is 6.83. The van der Waals surface area contributed by atoms with Crippen molar-refractivity contribution >= 4 is 40.5 Å². The molecule has 0 aliphatic heterocycles. The van der Waals surface area contributed by atoms with Gasteiger partial charge in [0.1, 0.15) is 0 Å². The van der Waals surface area contributed by atoms with Crippen molar-refractivity contribution in [2.45, 2.75) is 13.8 Å². The fourth-order valence-corrected chi connectivity index (χ4v) is 2.33. The van der Waals surface area contributed by atoms with Gasteiger partial charge in [-0.15, -0.1) is 0 Å². The van der Waals surface area contributed by atoms with Crippen LogP contribution in [0.2, 0.25) is 10.0 Å². The maximum absolute atomic E-state index is 12.0. The number of nitrogens with one attached hydrogen (secondary N) is 2. The molecule has 0 radical (unpaired) electrons. The van der Waals surface area contributed by atoms with Crippen molar-refractivity contribution in [3.63, 3.8) is 0 Å². The van der Waals surface area contributed by atoms with Gasteiger partial charge in [0.15, 0.2) is 0 Å². The molecule has 2 rings (SSSR count). The lowest BCUT2D eigenvalue weighted by molar-refractivity contribution is -0.114. The van der Waals surface area contributed by atoms with Crippen LogP contribution in [0.5, 0.6) is 0 Å². The first kappa shape index (κ1) is 15.7. The SMILES string of the molecule is Cc1ccc(NC(=O)CNc2cccc(Cl)c2Cl)c(C)c1. The van der Waals surface area contributed by atoms with Crippen molar-refractivity contribution in [2.24, 2.45) is 0 Å². The van der Waals surface area contributed by atoms with Gasteiger partial charge in [0.05, 0.1) is 22.3 Å². The molecule has 2 aromatic rings. The van der Waals surface area contributed by atoms with Gasteiger partial charge in [-0.2, -0.15) is 0 Å². The molecule has 110 valence electrons. The minimum Gasteiger partial charge on any atom is -0.375 e. The summed E-state index contributed by atoms with van der Waals surface area (Å²) in [5.41, 5.74) is 3.64. The molecule has 0 saturated heterocycles. The Morgan fingerprint density at radius 3 is 2.57 bits per heavy atom. The van der Waals surface area contributed by atoms with Crippen molar-refractivity contribution < 1.29 is 4.79 Å². The first-order valence-corrected chi connectivity index (χ1v) is 7.28. The monoisotopic (exact) mass is 322 g/mol. The number of benzene rings is 2. The molecule has 0 saturated carbocycles. The number of hydrogen-bond acceptors (Lipinski definition) is 2. The predicted octanol–water partition coefficient (Wildman–Crippen LogP) is 4.66. The number of hydrogen-bond donors (Lipinski definition) is 2. The third kappa shape index (κ3) is 4.13. The Bertz CT molecular complexity index is 671. The second-order valence-electron chi connectivity index (χ2n) is 4.82. The quantitative estimate of drug-likeness (QED) is 0.859. The second-order valence-corrected chi connectivity index (χ2v) is 5.61. The van der Waals surface area contributed by atoms with Gasteiger partial charge in [-0.05, 0) is 37.6 Å². The Morgan fingerprint density at radius 2 is 1.86 bits per heavy atom. The first-order valence-electron chi connectivity index (χ1n) is 6.52. The van der Waals surface area contributed by atoms with Crippen molar-refractivity contribution in [1.29, 1.82) is 0 Å². The Balaban J connectivity index is 1.97. The van der Waals surface area contributed by atoms with E-state index in [1.807, 2.05) is 32.0 Å². The van der Waals surface area contributed by atoms with Gasteiger partial charge >= 0.3 is 0 Å².